The predicted molar refractivity (Wildman–Crippen MR) is 93.2 cm³/mol. The van der Waals surface area contributed by atoms with E-state index in [2.05, 4.69) is 20.8 Å². The van der Waals surface area contributed by atoms with Crippen LogP contribution in [0.4, 0.5) is 11.4 Å². The molecule has 0 aliphatic heterocycles. The number of nitrogens with zero attached hydrogens (tertiary/aromatic N) is 3. The summed E-state index contributed by atoms with van der Waals surface area (Å²) < 4.78 is 27.8. The van der Waals surface area contributed by atoms with Crippen molar-refractivity contribution in [2.24, 2.45) is 5.14 Å². The number of nitrogens with one attached hydrogen (secondary N) is 2. The zero-order valence-electron chi connectivity index (χ0n) is 14.3. The van der Waals surface area contributed by atoms with Crippen molar-refractivity contribution in [2.75, 3.05) is 18.9 Å². The third-order valence-electron chi connectivity index (χ3n) is 3.64. The molecule has 0 aliphatic rings. The summed E-state index contributed by atoms with van der Waals surface area (Å²) in [6.45, 7) is 2.28. The van der Waals surface area contributed by atoms with Crippen LogP contribution >= 0.6 is 0 Å². The van der Waals surface area contributed by atoms with Crippen LogP contribution in [-0.4, -0.2) is 43.1 Å². The van der Waals surface area contributed by atoms with E-state index in [1.807, 2.05) is 14.0 Å². The molecule has 1 atom stereocenters. The summed E-state index contributed by atoms with van der Waals surface area (Å²) in [5.41, 5.74) is -0.212. The molecular weight excluding hydrogens is 364 g/mol. The van der Waals surface area contributed by atoms with Crippen LogP contribution in [0, 0.1) is 10.1 Å². The third kappa shape index (κ3) is 5.21. The number of likely N-dealkylation sites (N-methyl/N-ethyl adjacent to an activating group) is 1. The molecule has 0 bridgehead atoms. The second-order valence-electron chi connectivity index (χ2n) is 5.66. The molecule has 0 fully saturated rings. The maximum Gasteiger partial charge on any atom is 0.293 e. The molecule has 2 aromatic rings. The highest BCUT2D eigenvalue weighted by atomic mass is 32.2. The first-order chi connectivity index (χ1) is 12.2. The summed E-state index contributed by atoms with van der Waals surface area (Å²) in [5, 5.41) is 26.0. The van der Waals surface area contributed by atoms with Crippen molar-refractivity contribution < 1.29 is 17.9 Å². The van der Waals surface area contributed by atoms with Crippen molar-refractivity contribution in [1.29, 1.82) is 0 Å². The highest BCUT2D eigenvalue weighted by molar-refractivity contribution is 7.89. The number of benzene rings is 1. The normalized spacial score (nSPS) is 12.7. The molecule has 0 aliphatic carbocycles. The van der Waals surface area contributed by atoms with Crippen LogP contribution in [0.15, 0.2) is 27.6 Å². The van der Waals surface area contributed by atoms with E-state index in [1.165, 1.54) is 12.1 Å². The molecule has 142 valence electrons. The lowest BCUT2D eigenvalue weighted by Crippen LogP contribution is -2.24. The fourth-order valence-corrected chi connectivity index (χ4v) is 2.68. The number of anilines is 1. The Morgan fingerprint density at radius 3 is 2.77 bits per heavy atom. The van der Waals surface area contributed by atoms with Gasteiger partial charge in [-0.15, -0.1) is 0 Å². The Morgan fingerprint density at radius 1 is 1.42 bits per heavy atom. The first-order valence-electron chi connectivity index (χ1n) is 7.74. The van der Waals surface area contributed by atoms with Crippen LogP contribution in [0.25, 0.3) is 0 Å². The Kier molecular flexibility index (Phi) is 6.23. The number of nitrogens with two attached hydrogens (primary N) is 1. The van der Waals surface area contributed by atoms with Crippen LogP contribution < -0.4 is 15.8 Å². The van der Waals surface area contributed by atoms with E-state index in [4.69, 9.17) is 9.66 Å². The van der Waals surface area contributed by atoms with Crippen molar-refractivity contribution in [3.05, 3.63) is 40.0 Å². The highest BCUT2D eigenvalue weighted by Crippen LogP contribution is 2.27. The molecule has 0 saturated carbocycles. The third-order valence-corrected chi connectivity index (χ3v) is 4.55. The van der Waals surface area contributed by atoms with Crippen molar-refractivity contribution in [2.45, 2.75) is 30.7 Å². The molecular formula is C14H20N6O5S. The summed E-state index contributed by atoms with van der Waals surface area (Å²) in [4.78, 5) is 14.4. The molecule has 1 heterocycles. The fraction of sp³-hybridized carbons (Fsp3) is 0.429. The summed E-state index contributed by atoms with van der Waals surface area (Å²) in [5.74, 6) is 0.977. The number of hydrogen-bond acceptors (Lipinski definition) is 9. The van der Waals surface area contributed by atoms with Gasteiger partial charge in [-0.3, -0.25) is 10.1 Å². The number of hydrogen-bond donors (Lipinski definition) is 3. The summed E-state index contributed by atoms with van der Waals surface area (Å²) >= 11 is 0. The second kappa shape index (κ2) is 8.21. The minimum absolute atomic E-state index is 0.172. The largest absolute Gasteiger partial charge is 0.379 e. The van der Waals surface area contributed by atoms with Crippen LogP contribution in [-0.2, 0) is 22.9 Å². The Morgan fingerprint density at radius 2 is 2.15 bits per heavy atom. The van der Waals surface area contributed by atoms with Crippen LogP contribution in [0.3, 0.4) is 0 Å². The Labute approximate surface area is 150 Å². The van der Waals surface area contributed by atoms with Crippen LogP contribution in [0.5, 0.6) is 0 Å². The molecule has 1 aromatic heterocycles. The number of aromatic nitrogens is 2. The van der Waals surface area contributed by atoms with Crippen LogP contribution in [0.2, 0.25) is 0 Å². The van der Waals surface area contributed by atoms with Gasteiger partial charge in [0, 0.05) is 31.5 Å². The quantitative estimate of drug-likeness (QED) is 0.410. The molecule has 12 heteroatoms. The molecule has 11 nitrogen and oxygen atoms in total. The molecule has 1 aromatic carbocycles. The first-order valence-corrected chi connectivity index (χ1v) is 9.29. The monoisotopic (exact) mass is 384 g/mol. The smallest absolute Gasteiger partial charge is 0.293 e. The highest BCUT2D eigenvalue weighted by Gasteiger charge is 2.19. The number of primary sulfonamides is 1. The van der Waals surface area contributed by atoms with E-state index in [0.29, 0.717) is 31.1 Å². The van der Waals surface area contributed by atoms with Crippen molar-refractivity contribution in [3.63, 3.8) is 0 Å². The molecule has 0 spiro atoms. The van der Waals surface area contributed by atoms with E-state index in [9.17, 15) is 18.5 Å². The number of rotatable bonds is 9. The summed E-state index contributed by atoms with van der Waals surface area (Å²) in [6, 6.07) is 3.63. The fourth-order valence-electron chi connectivity index (χ4n) is 2.14. The molecule has 2 rings (SSSR count). The van der Waals surface area contributed by atoms with Gasteiger partial charge in [0.25, 0.3) is 5.69 Å². The van der Waals surface area contributed by atoms with Crippen molar-refractivity contribution >= 4 is 21.4 Å². The minimum atomic E-state index is -4.02. The van der Waals surface area contributed by atoms with Gasteiger partial charge < -0.3 is 15.2 Å². The van der Waals surface area contributed by atoms with E-state index in [0.717, 1.165) is 6.07 Å². The number of nitro groups is 1. The van der Waals surface area contributed by atoms with E-state index in [1.54, 1.807) is 0 Å². The van der Waals surface area contributed by atoms with Gasteiger partial charge >= 0.3 is 0 Å². The maximum atomic E-state index is 11.3. The summed E-state index contributed by atoms with van der Waals surface area (Å²) in [6.07, 6.45) is 0.975. The Balaban J connectivity index is 2.02. The first kappa shape index (κ1) is 19.8. The number of sulfonamides is 1. The minimum Gasteiger partial charge on any atom is -0.379 e. The molecule has 1 unspecified atom stereocenters. The molecule has 0 amide bonds. The van der Waals surface area contributed by atoms with Gasteiger partial charge in [0.1, 0.15) is 5.69 Å². The lowest BCUT2D eigenvalue weighted by atomic mass is 10.2. The zero-order chi connectivity index (χ0) is 19.3. The zero-order valence-corrected chi connectivity index (χ0v) is 15.1. The topological polar surface area (TPSA) is 166 Å². The summed E-state index contributed by atoms with van der Waals surface area (Å²) in [7, 11) is -2.18. The lowest BCUT2D eigenvalue weighted by Gasteiger charge is -2.07. The van der Waals surface area contributed by atoms with E-state index in [-0.39, 0.29) is 22.3 Å². The van der Waals surface area contributed by atoms with Gasteiger partial charge in [0.05, 0.1) is 9.82 Å². The maximum absolute atomic E-state index is 11.3. The molecule has 0 saturated heterocycles. The number of nitro benzene ring substituents is 1. The SMILES string of the molecule is CNC(C)Cc1noc(CCNc2ccc(S(N)(=O)=O)cc2[N+](=O)[O-])n1. The Hall–Kier alpha value is -2.57. The second-order valence-corrected chi connectivity index (χ2v) is 7.22. The Bertz CT molecular complexity index is 882. The lowest BCUT2D eigenvalue weighted by molar-refractivity contribution is -0.384. The van der Waals surface area contributed by atoms with E-state index >= 15 is 0 Å². The predicted octanol–water partition coefficient (Wildman–Crippen LogP) is 0.430. The van der Waals surface area contributed by atoms with Gasteiger partial charge in [-0.25, -0.2) is 13.6 Å². The van der Waals surface area contributed by atoms with Gasteiger partial charge in [0.15, 0.2) is 5.82 Å². The van der Waals surface area contributed by atoms with E-state index < -0.39 is 14.9 Å². The average molecular weight is 384 g/mol. The van der Waals surface area contributed by atoms with Crippen LogP contribution in [0.1, 0.15) is 18.6 Å². The van der Waals surface area contributed by atoms with Crippen molar-refractivity contribution in [3.8, 4) is 0 Å². The molecule has 0 radical (unpaired) electrons. The van der Waals surface area contributed by atoms with Gasteiger partial charge in [-0.1, -0.05) is 5.16 Å². The van der Waals surface area contributed by atoms with Gasteiger partial charge in [-0.05, 0) is 26.1 Å². The standard InChI is InChI=1S/C14H20N6O5S/c1-9(16-2)7-13-18-14(25-19-13)5-6-17-11-4-3-10(26(15,23)24)8-12(11)20(21)22/h3-4,8-9,16-17H,5-7H2,1-2H3,(H2,15,23,24). The van der Waals surface area contributed by atoms with Crippen molar-refractivity contribution in [1.82, 2.24) is 15.5 Å². The van der Waals surface area contributed by atoms with Gasteiger partial charge in [-0.2, -0.15) is 4.98 Å². The average Bonchev–Trinajstić information content (AvgIpc) is 3.01. The molecule has 4 N–H and O–H groups in total. The van der Waals surface area contributed by atoms with Gasteiger partial charge in [0.2, 0.25) is 15.9 Å². The molecule has 26 heavy (non-hydrogen) atoms.